The van der Waals surface area contributed by atoms with E-state index in [1.807, 2.05) is 12.1 Å². The van der Waals surface area contributed by atoms with Gasteiger partial charge in [-0.1, -0.05) is 13.0 Å². The highest BCUT2D eigenvalue weighted by atomic mass is 79.9. The predicted octanol–water partition coefficient (Wildman–Crippen LogP) is 5.00. The second-order valence-electron chi connectivity index (χ2n) is 5.34. The molecule has 0 fully saturated rings. The van der Waals surface area contributed by atoms with Gasteiger partial charge in [0.1, 0.15) is 10.8 Å². The van der Waals surface area contributed by atoms with Gasteiger partial charge in [0, 0.05) is 10.9 Å². The molecule has 0 saturated heterocycles. The van der Waals surface area contributed by atoms with Gasteiger partial charge in [-0.05, 0) is 60.8 Å². The number of nitrogens with one attached hydrogen (secondary N) is 1. The summed E-state index contributed by atoms with van der Waals surface area (Å²) in [6.45, 7) is 8.43. The standard InChI is InChI=1S/C16H20BrFN2S/c1-5-14-10(4)21-16(20-14)15(19-9(2)3)11-6-7-13(18)12(17)8-11/h6-9,15,19H,5H2,1-4H3. The van der Waals surface area contributed by atoms with Crippen molar-refractivity contribution in [1.29, 1.82) is 0 Å². The van der Waals surface area contributed by atoms with Crippen molar-refractivity contribution in [2.24, 2.45) is 0 Å². The van der Waals surface area contributed by atoms with E-state index >= 15 is 0 Å². The number of thiazole rings is 1. The fourth-order valence-electron chi connectivity index (χ4n) is 2.24. The number of benzene rings is 1. The van der Waals surface area contributed by atoms with E-state index in [9.17, 15) is 4.39 Å². The summed E-state index contributed by atoms with van der Waals surface area (Å²) in [7, 11) is 0. The Morgan fingerprint density at radius 3 is 2.62 bits per heavy atom. The lowest BCUT2D eigenvalue weighted by molar-refractivity contribution is 0.524. The number of hydrogen-bond donors (Lipinski definition) is 1. The van der Waals surface area contributed by atoms with Gasteiger partial charge in [0.15, 0.2) is 0 Å². The summed E-state index contributed by atoms with van der Waals surface area (Å²) >= 11 is 4.98. The van der Waals surface area contributed by atoms with Crippen molar-refractivity contribution in [1.82, 2.24) is 10.3 Å². The lowest BCUT2D eigenvalue weighted by Crippen LogP contribution is -2.29. The number of nitrogens with zero attached hydrogens (tertiary/aromatic N) is 1. The molecule has 1 aromatic carbocycles. The van der Waals surface area contributed by atoms with Crippen LogP contribution < -0.4 is 5.32 Å². The van der Waals surface area contributed by atoms with Crippen LogP contribution in [0.2, 0.25) is 0 Å². The summed E-state index contributed by atoms with van der Waals surface area (Å²) in [6, 6.07) is 5.45. The minimum atomic E-state index is -0.244. The predicted molar refractivity (Wildman–Crippen MR) is 90.4 cm³/mol. The van der Waals surface area contributed by atoms with Gasteiger partial charge >= 0.3 is 0 Å². The van der Waals surface area contributed by atoms with E-state index in [2.05, 4.69) is 48.9 Å². The maximum absolute atomic E-state index is 13.5. The topological polar surface area (TPSA) is 24.9 Å². The Balaban J connectivity index is 2.43. The van der Waals surface area contributed by atoms with E-state index in [-0.39, 0.29) is 11.9 Å². The molecule has 114 valence electrons. The Morgan fingerprint density at radius 2 is 2.10 bits per heavy atom. The fourth-order valence-corrected chi connectivity index (χ4v) is 3.73. The van der Waals surface area contributed by atoms with Crippen molar-refractivity contribution in [2.75, 3.05) is 0 Å². The first-order chi connectivity index (χ1) is 9.92. The van der Waals surface area contributed by atoms with Crippen LogP contribution in [0.4, 0.5) is 4.39 Å². The molecule has 0 radical (unpaired) electrons. The lowest BCUT2D eigenvalue weighted by atomic mass is 10.1. The highest BCUT2D eigenvalue weighted by Crippen LogP contribution is 2.31. The number of aromatic nitrogens is 1. The van der Waals surface area contributed by atoms with E-state index in [1.54, 1.807) is 11.3 Å². The molecular formula is C16H20BrFN2S. The molecule has 2 nitrogen and oxygen atoms in total. The summed E-state index contributed by atoms with van der Waals surface area (Å²) in [6.07, 6.45) is 0.934. The molecule has 1 aromatic heterocycles. The Morgan fingerprint density at radius 1 is 1.38 bits per heavy atom. The van der Waals surface area contributed by atoms with Gasteiger partial charge in [0.2, 0.25) is 0 Å². The molecule has 0 aliphatic carbocycles. The molecule has 0 bridgehead atoms. The van der Waals surface area contributed by atoms with Crippen LogP contribution in [0.5, 0.6) is 0 Å². The van der Waals surface area contributed by atoms with Gasteiger partial charge in [0.25, 0.3) is 0 Å². The first-order valence-corrected chi connectivity index (χ1v) is 8.70. The monoisotopic (exact) mass is 370 g/mol. The van der Waals surface area contributed by atoms with Gasteiger partial charge < -0.3 is 5.32 Å². The molecule has 0 amide bonds. The molecular weight excluding hydrogens is 351 g/mol. The molecule has 0 saturated carbocycles. The molecule has 21 heavy (non-hydrogen) atoms. The highest BCUT2D eigenvalue weighted by Gasteiger charge is 2.21. The second kappa shape index (κ2) is 6.99. The number of rotatable bonds is 5. The second-order valence-corrected chi connectivity index (χ2v) is 7.43. The smallest absolute Gasteiger partial charge is 0.137 e. The molecule has 0 aliphatic heterocycles. The van der Waals surface area contributed by atoms with Gasteiger partial charge in [-0.25, -0.2) is 9.37 Å². The zero-order chi connectivity index (χ0) is 15.6. The van der Waals surface area contributed by atoms with Gasteiger partial charge in [-0.3, -0.25) is 0 Å². The third kappa shape index (κ3) is 3.90. The fraction of sp³-hybridized carbons (Fsp3) is 0.438. The van der Waals surface area contributed by atoms with Crippen molar-refractivity contribution in [2.45, 2.75) is 46.2 Å². The maximum Gasteiger partial charge on any atom is 0.137 e. The summed E-state index contributed by atoms with van der Waals surface area (Å²) in [5, 5.41) is 4.57. The van der Waals surface area contributed by atoms with Crippen molar-refractivity contribution in [3.63, 3.8) is 0 Å². The zero-order valence-corrected chi connectivity index (χ0v) is 15.1. The Kier molecular flexibility index (Phi) is 5.52. The number of aryl methyl sites for hydroxylation is 2. The van der Waals surface area contributed by atoms with Crippen LogP contribution in [0.15, 0.2) is 22.7 Å². The minimum absolute atomic E-state index is 0.00843. The van der Waals surface area contributed by atoms with Crippen LogP contribution in [0.25, 0.3) is 0 Å². The molecule has 1 unspecified atom stereocenters. The van der Waals surface area contributed by atoms with Gasteiger partial charge in [-0.2, -0.15) is 0 Å². The van der Waals surface area contributed by atoms with Crippen LogP contribution in [0.1, 0.15) is 48.0 Å². The van der Waals surface area contributed by atoms with Crippen molar-refractivity contribution >= 4 is 27.3 Å². The molecule has 1 atom stereocenters. The number of hydrogen-bond acceptors (Lipinski definition) is 3. The van der Waals surface area contributed by atoms with Crippen molar-refractivity contribution in [3.8, 4) is 0 Å². The average molecular weight is 371 g/mol. The van der Waals surface area contributed by atoms with E-state index in [0.717, 1.165) is 22.7 Å². The average Bonchev–Trinajstić information content (AvgIpc) is 2.80. The normalized spacial score (nSPS) is 12.9. The van der Waals surface area contributed by atoms with Crippen LogP contribution in [0, 0.1) is 12.7 Å². The third-order valence-corrected chi connectivity index (χ3v) is 4.95. The molecule has 1 heterocycles. The van der Waals surface area contributed by atoms with E-state index in [4.69, 9.17) is 4.98 Å². The molecule has 5 heteroatoms. The van der Waals surface area contributed by atoms with Crippen LogP contribution in [0.3, 0.4) is 0 Å². The maximum atomic E-state index is 13.5. The van der Waals surface area contributed by atoms with Gasteiger partial charge in [-0.15, -0.1) is 11.3 Å². The molecule has 0 aliphatic rings. The van der Waals surface area contributed by atoms with E-state index in [1.165, 1.54) is 10.9 Å². The summed E-state index contributed by atoms with van der Waals surface area (Å²) in [4.78, 5) is 6.01. The number of halogens is 2. The Hall–Kier alpha value is -0.780. The molecule has 1 N–H and O–H groups in total. The van der Waals surface area contributed by atoms with Crippen LogP contribution >= 0.6 is 27.3 Å². The molecule has 2 aromatic rings. The van der Waals surface area contributed by atoms with Gasteiger partial charge in [0.05, 0.1) is 16.2 Å². The van der Waals surface area contributed by atoms with E-state index < -0.39 is 0 Å². The molecule has 2 rings (SSSR count). The quantitative estimate of drug-likeness (QED) is 0.800. The Bertz CT molecular complexity index is 625. The summed E-state index contributed by atoms with van der Waals surface area (Å²) in [5.74, 6) is -0.244. The Labute approximate surface area is 137 Å². The molecule has 0 spiro atoms. The van der Waals surface area contributed by atoms with Crippen LogP contribution in [-0.2, 0) is 6.42 Å². The minimum Gasteiger partial charge on any atom is -0.302 e. The first kappa shape index (κ1) is 16.6. The lowest BCUT2D eigenvalue weighted by Gasteiger charge is -2.20. The summed E-state index contributed by atoms with van der Waals surface area (Å²) < 4.78 is 14.0. The SMILES string of the molecule is CCc1nc(C(NC(C)C)c2ccc(F)c(Br)c2)sc1C. The highest BCUT2D eigenvalue weighted by molar-refractivity contribution is 9.10. The summed E-state index contributed by atoms with van der Waals surface area (Å²) in [5.41, 5.74) is 2.17. The van der Waals surface area contributed by atoms with Crippen molar-refractivity contribution in [3.05, 3.63) is 49.6 Å². The first-order valence-electron chi connectivity index (χ1n) is 7.09. The largest absolute Gasteiger partial charge is 0.302 e. The third-order valence-electron chi connectivity index (χ3n) is 3.27. The van der Waals surface area contributed by atoms with Crippen molar-refractivity contribution < 1.29 is 4.39 Å². The van der Waals surface area contributed by atoms with Crippen LogP contribution in [-0.4, -0.2) is 11.0 Å². The van der Waals surface area contributed by atoms with E-state index in [0.29, 0.717) is 10.5 Å². The zero-order valence-electron chi connectivity index (χ0n) is 12.7.